The molecule has 0 aromatic heterocycles. The molecule has 1 rings (SSSR count). The zero-order valence-corrected chi connectivity index (χ0v) is 6.88. The van der Waals surface area contributed by atoms with Gasteiger partial charge in [0.15, 0.2) is 0 Å². The molecule has 0 aliphatic heterocycles. The molecule has 4 nitrogen and oxygen atoms in total. The number of nitro groups is 1. The van der Waals surface area contributed by atoms with Crippen LogP contribution in [0.2, 0.25) is 0 Å². The van der Waals surface area contributed by atoms with Gasteiger partial charge in [0.1, 0.15) is 0 Å². The van der Waals surface area contributed by atoms with Crippen molar-refractivity contribution in [3.05, 3.63) is 52.6 Å². The number of non-ortho nitro benzene ring substituents is 1. The lowest BCUT2D eigenvalue weighted by atomic mass is 10.1. The Bertz CT molecular complexity index is 335. The van der Waals surface area contributed by atoms with Crippen molar-refractivity contribution in [3.8, 4) is 0 Å². The highest BCUT2D eigenvalue weighted by atomic mass is 16.6. The van der Waals surface area contributed by atoms with Crippen molar-refractivity contribution < 1.29 is 10.0 Å². The molecule has 0 saturated heterocycles. The molecule has 0 heterocycles. The first-order chi connectivity index (χ1) is 6.15. The SMILES string of the molecule is C=CC(O)c1cccc([N+](=O)[O-])c1. The van der Waals surface area contributed by atoms with E-state index < -0.39 is 11.0 Å². The number of hydrogen-bond donors (Lipinski definition) is 1. The highest BCUT2D eigenvalue weighted by Crippen LogP contribution is 2.19. The maximum absolute atomic E-state index is 10.4. The summed E-state index contributed by atoms with van der Waals surface area (Å²) in [5, 5.41) is 19.7. The Labute approximate surface area is 75.3 Å². The van der Waals surface area contributed by atoms with Gasteiger partial charge in [-0.3, -0.25) is 10.1 Å². The summed E-state index contributed by atoms with van der Waals surface area (Å²) < 4.78 is 0. The van der Waals surface area contributed by atoms with E-state index >= 15 is 0 Å². The summed E-state index contributed by atoms with van der Waals surface area (Å²) in [4.78, 5) is 9.86. The van der Waals surface area contributed by atoms with Crippen LogP contribution in [-0.4, -0.2) is 10.0 Å². The Balaban J connectivity index is 3.04. The molecule has 1 aromatic rings. The van der Waals surface area contributed by atoms with E-state index in [1.807, 2.05) is 0 Å². The van der Waals surface area contributed by atoms with Crippen LogP contribution >= 0.6 is 0 Å². The zero-order valence-electron chi connectivity index (χ0n) is 6.88. The van der Waals surface area contributed by atoms with Crippen LogP contribution in [0.25, 0.3) is 0 Å². The lowest BCUT2D eigenvalue weighted by Crippen LogP contribution is -1.94. The molecular formula is C9H9NO3. The Morgan fingerprint density at radius 3 is 2.85 bits per heavy atom. The average Bonchev–Trinajstić information content (AvgIpc) is 2.17. The molecule has 0 fully saturated rings. The zero-order chi connectivity index (χ0) is 9.84. The van der Waals surface area contributed by atoms with Crippen molar-refractivity contribution in [1.82, 2.24) is 0 Å². The van der Waals surface area contributed by atoms with Crippen LogP contribution in [0.5, 0.6) is 0 Å². The van der Waals surface area contributed by atoms with E-state index in [4.69, 9.17) is 0 Å². The van der Waals surface area contributed by atoms with E-state index in [-0.39, 0.29) is 5.69 Å². The van der Waals surface area contributed by atoms with Crippen LogP contribution in [0, 0.1) is 10.1 Å². The second-order valence-electron chi connectivity index (χ2n) is 2.53. The van der Waals surface area contributed by atoms with Gasteiger partial charge >= 0.3 is 0 Å². The Kier molecular flexibility index (Phi) is 2.76. The minimum Gasteiger partial charge on any atom is -0.384 e. The van der Waals surface area contributed by atoms with Crippen molar-refractivity contribution in [2.24, 2.45) is 0 Å². The van der Waals surface area contributed by atoms with Crippen LogP contribution in [0.15, 0.2) is 36.9 Å². The molecule has 0 aliphatic rings. The van der Waals surface area contributed by atoms with Crippen LogP contribution < -0.4 is 0 Å². The summed E-state index contributed by atoms with van der Waals surface area (Å²) in [7, 11) is 0. The third kappa shape index (κ3) is 2.13. The first-order valence-electron chi connectivity index (χ1n) is 3.70. The van der Waals surface area contributed by atoms with Crippen molar-refractivity contribution in [3.63, 3.8) is 0 Å². The minimum atomic E-state index is -0.847. The number of benzene rings is 1. The predicted molar refractivity (Wildman–Crippen MR) is 48.3 cm³/mol. The first kappa shape index (κ1) is 9.41. The van der Waals surface area contributed by atoms with Gasteiger partial charge < -0.3 is 5.11 Å². The first-order valence-corrected chi connectivity index (χ1v) is 3.70. The second kappa shape index (κ2) is 3.82. The highest BCUT2D eigenvalue weighted by Gasteiger charge is 2.08. The van der Waals surface area contributed by atoms with Gasteiger partial charge in [0.2, 0.25) is 0 Å². The van der Waals surface area contributed by atoms with Gasteiger partial charge in [0, 0.05) is 12.1 Å². The molecule has 4 heteroatoms. The molecule has 0 saturated carbocycles. The monoisotopic (exact) mass is 179 g/mol. The molecular weight excluding hydrogens is 170 g/mol. The Hall–Kier alpha value is -1.68. The second-order valence-corrected chi connectivity index (χ2v) is 2.53. The molecule has 1 atom stereocenters. The molecule has 1 N–H and O–H groups in total. The van der Waals surface area contributed by atoms with E-state index in [0.29, 0.717) is 5.56 Å². The topological polar surface area (TPSA) is 63.4 Å². The van der Waals surface area contributed by atoms with Crippen molar-refractivity contribution in [1.29, 1.82) is 0 Å². The van der Waals surface area contributed by atoms with E-state index in [9.17, 15) is 15.2 Å². The summed E-state index contributed by atoms with van der Waals surface area (Å²) in [6.07, 6.45) is 0.471. The predicted octanol–water partition coefficient (Wildman–Crippen LogP) is 1.81. The fraction of sp³-hybridized carbons (Fsp3) is 0.111. The molecule has 0 radical (unpaired) electrons. The van der Waals surface area contributed by atoms with Crippen LogP contribution in [0.1, 0.15) is 11.7 Å². The van der Waals surface area contributed by atoms with Gasteiger partial charge in [-0.25, -0.2) is 0 Å². The molecule has 0 bridgehead atoms. The number of nitrogens with zero attached hydrogens (tertiary/aromatic N) is 1. The maximum Gasteiger partial charge on any atom is 0.269 e. The third-order valence-corrected chi connectivity index (χ3v) is 1.65. The number of aliphatic hydroxyl groups excluding tert-OH is 1. The molecule has 13 heavy (non-hydrogen) atoms. The molecule has 1 aromatic carbocycles. The van der Waals surface area contributed by atoms with Crippen molar-refractivity contribution in [2.45, 2.75) is 6.10 Å². The fourth-order valence-electron chi connectivity index (χ4n) is 0.958. The summed E-state index contributed by atoms with van der Waals surface area (Å²) >= 11 is 0. The fourth-order valence-corrected chi connectivity index (χ4v) is 0.958. The van der Waals surface area contributed by atoms with Crippen LogP contribution in [0.4, 0.5) is 5.69 Å². The van der Waals surface area contributed by atoms with Gasteiger partial charge in [-0.1, -0.05) is 18.2 Å². The van der Waals surface area contributed by atoms with Crippen LogP contribution in [-0.2, 0) is 0 Å². The van der Waals surface area contributed by atoms with Gasteiger partial charge in [-0.15, -0.1) is 6.58 Å². The summed E-state index contributed by atoms with van der Waals surface area (Å²) in [5.41, 5.74) is 0.447. The largest absolute Gasteiger partial charge is 0.384 e. The van der Waals surface area contributed by atoms with E-state index in [1.54, 1.807) is 6.07 Å². The minimum absolute atomic E-state index is 0.0293. The molecule has 0 spiro atoms. The Morgan fingerprint density at radius 1 is 1.62 bits per heavy atom. The molecule has 68 valence electrons. The van der Waals surface area contributed by atoms with Gasteiger partial charge in [0.25, 0.3) is 5.69 Å². The smallest absolute Gasteiger partial charge is 0.269 e. The number of aliphatic hydroxyl groups is 1. The number of hydrogen-bond acceptors (Lipinski definition) is 3. The summed E-state index contributed by atoms with van der Waals surface area (Å²) in [6.45, 7) is 3.39. The number of nitro benzene ring substituents is 1. The maximum atomic E-state index is 10.4. The van der Waals surface area contributed by atoms with E-state index in [1.165, 1.54) is 24.3 Å². The number of rotatable bonds is 3. The Morgan fingerprint density at radius 2 is 2.31 bits per heavy atom. The quantitative estimate of drug-likeness (QED) is 0.437. The summed E-state index contributed by atoms with van der Waals surface area (Å²) in [6, 6.07) is 5.84. The lowest BCUT2D eigenvalue weighted by molar-refractivity contribution is -0.385. The van der Waals surface area contributed by atoms with Crippen molar-refractivity contribution >= 4 is 5.69 Å². The van der Waals surface area contributed by atoms with Gasteiger partial charge in [0.05, 0.1) is 11.0 Å². The molecule has 1 unspecified atom stereocenters. The third-order valence-electron chi connectivity index (χ3n) is 1.65. The summed E-state index contributed by atoms with van der Waals surface area (Å²) in [5.74, 6) is 0. The molecule has 0 aliphatic carbocycles. The lowest BCUT2D eigenvalue weighted by Gasteiger charge is -2.03. The van der Waals surface area contributed by atoms with Crippen LogP contribution in [0.3, 0.4) is 0 Å². The average molecular weight is 179 g/mol. The van der Waals surface area contributed by atoms with E-state index in [0.717, 1.165) is 0 Å². The molecule has 0 amide bonds. The van der Waals surface area contributed by atoms with E-state index in [2.05, 4.69) is 6.58 Å². The standard InChI is InChI=1S/C9H9NO3/c1-2-9(11)7-4-3-5-8(6-7)10(12)13/h2-6,9,11H,1H2. The highest BCUT2D eigenvalue weighted by molar-refractivity contribution is 5.36. The normalized spacial score (nSPS) is 12.1. The van der Waals surface area contributed by atoms with Crippen molar-refractivity contribution in [2.75, 3.05) is 0 Å². The van der Waals surface area contributed by atoms with Gasteiger partial charge in [-0.2, -0.15) is 0 Å². The van der Waals surface area contributed by atoms with Gasteiger partial charge in [-0.05, 0) is 5.56 Å².